The molecule has 0 atom stereocenters. The molecule has 1 saturated carbocycles. The van der Waals surface area contributed by atoms with Crippen molar-refractivity contribution in [1.82, 2.24) is 0 Å². The predicted octanol–water partition coefficient (Wildman–Crippen LogP) is 3.17. The highest BCUT2D eigenvalue weighted by Crippen LogP contribution is 2.46. The lowest BCUT2D eigenvalue weighted by Gasteiger charge is -2.10. The fraction of sp³-hybridized carbons (Fsp3) is 0.385. The smallest absolute Gasteiger partial charge is 0.0717 e. The van der Waals surface area contributed by atoms with Gasteiger partial charge in [-0.25, -0.2) is 0 Å². The van der Waals surface area contributed by atoms with Crippen molar-refractivity contribution in [3.63, 3.8) is 0 Å². The number of hydrogen-bond acceptors (Lipinski definition) is 1. The van der Waals surface area contributed by atoms with Crippen molar-refractivity contribution in [1.29, 1.82) is 0 Å². The van der Waals surface area contributed by atoms with Gasteiger partial charge in [-0.05, 0) is 18.4 Å². The van der Waals surface area contributed by atoms with E-state index in [1.54, 1.807) is 0 Å². The van der Waals surface area contributed by atoms with Gasteiger partial charge in [-0.2, -0.15) is 0 Å². The van der Waals surface area contributed by atoms with Crippen LogP contribution in [0.5, 0.6) is 0 Å². The van der Waals surface area contributed by atoms with E-state index >= 15 is 0 Å². The molecule has 1 nitrogen and oxygen atoms in total. The number of hydrogen-bond donors (Lipinski definition) is 0. The summed E-state index contributed by atoms with van der Waals surface area (Å²) in [7, 11) is 0. The summed E-state index contributed by atoms with van der Waals surface area (Å²) in [6.07, 6.45) is 4.52. The Balaban J connectivity index is 1.76. The first-order chi connectivity index (χ1) is 6.85. The summed E-state index contributed by atoms with van der Waals surface area (Å²) < 4.78 is 5.67. The maximum atomic E-state index is 5.67. The average Bonchev–Trinajstić information content (AvgIpc) is 3.00. The quantitative estimate of drug-likeness (QED) is 0.645. The fourth-order valence-corrected chi connectivity index (χ4v) is 1.51. The number of benzene rings is 1. The van der Waals surface area contributed by atoms with E-state index in [2.05, 4.69) is 18.7 Å². The molecule has 1 aliphatic rings. The van der Waals surface area contributed by atoms with E-state index in [0.29, 0.717) is 5.41 Å². The van der Waals surface area contributed by atoms with Crippen molar-refractivity contribution < 1.29 is 4.74 Å². The Bertz CT molecular complexity index is 298. The molecule has 1 heteroatoms. The zero-order valence-corrected chi connectivity index (χ0v) is 8.41. The molecule has 0 amide bonds. The summed E-state index contributed by atoms with van der Waals surface area (Å²) >= 11 is 0. The van der Waals surface area contributed by atoms with Crippen LogP contribution in [-0.2, 0) is 11.3 Å². The van der Waals surface area contributed by atoms with Crippen molar-refractivity contribution in [3.05, 3.63) is 48.6 Å². The van der Waals surface area contributed by atoms with Gasteiger partial charge in [0.15, 0.2) is 0 Å². The van der Waals surface area contributed by atoms with Crippen LogP contribution in [0.2, 0.25) is 0 Å². The lowest BCUT2D eigenvalue weighted by molar-refractivity contribution is 0.0928. The molecule has 1 aromatic carbocycles. The maximum Gasteiger partial charge on any atom is 0.0717 e. The highest BCUT2D eigenvalue weighted by Gasteiger charge is 2.39. The van der Waals surface area contributed by atoms with Gasteiger partial charge in [0.25, 0.3) is 0 Å². The summed E-state index contributed by atoms with van der Waals surface area (Å²) in [5.41, 5.74) is 1.56. The Morgan fingerprint density at radius 2 is 2.00 bits per heavy atom. The Kier molecular flexibility index (Phi) is 2.69. The summed E-state index contributed by atoms with van der Waals surface area (Å²) in [4.78, 5) is 0. The molecule has 1 aromatic rings. The van der Waals surface area contributed by atoms with Gasteiger partial charge in [0.2, 0.25) is 0 Å². The van der Waals surface area contributed by atoms with E-state index in [0.717, 1.165) is 13.2 Å². The zero-order chi connectivity index (χ0) is 9.86. The van der Waals surface area contributed by atoms with Gasteiger partial charge in [0.1, 0.15) is 0 Å². The molecular weight excluding hydrogens is 172 g/mol. The van der Waals surface area contributed by atoms with Crippen molar-refractivity contribution in [2.24, 2.45) is 5.41 Å². The molecule has 2 rings (SSSR count). The minimum absolute atomic E-state index is 0.314. The van der Waals surface area contributed by atoms with Crippen LogP contribution in [0.25, 0.3) is 0 Å². The third-order valence-electron chi connectivity index (χ3n) is 2.83. The van der Waals surface area contributed by atoms with Gasteiger partial charge in [0, 0.05) is 5.41 Å². The molecule has 0 radical (unpaired) electrons. The van der Waals surface area contributed by atoms with E-state index in [1.807, 2.05) is 24.3 Å². The van der Waals surface area contributed by atoms with Crippen LogP contribution < -0.4 is 0 Å². The van der Waals surface area contributed by atoms with Crippen LogP contribution in [0.3, 0.4) is 0 Å². The molecule has 0 aromatic heterocycles. The van der Waals surface area contributed by atoms with E-state index in [4.69, 9.17) is 4.74 Å². The normalized spacial score (nSPS) is 17.7. The Labute approximate surface area is 85.4 Å². The maximum absolute atomic E-state index is 5.67. The van der Waals surface area contributed by atoms with Crippen LogP contribution in [0.1, 0.15) is 18.4 Å². The largest absolute Gasteiger partial charge is 0.376 e. The predicted molar refractivity (Wildman–Crippen MR) is 58.0 cm³/mol. The molecule has 0 aliphatic heterocycles. The molecule has 0 bridgehead atoms. The van der Waals surface area contributed by atoms with Gasteiger partial charge >= 0.3 is 0 Å². The molecule has 0 unspecified atom stereocenters. The average molecular weight is 188 g/mol. The monoisotopic (exact) mass is 188 g/mol. The van der Waals surface area contributed by atoms with Crippen LogP contribution in [0, 0.1) is 5.41 Å². The van der Waals surface area contributed by atoms with Gasteiger partial charge in [0.05, 0.1) is 13.2 Å². The summed E-state index contributed by atoms with van der Waals surface area (Å²) in [6, 6.07) is 10.3. The second-order valence-electron chi connectivity index (χ2n) is 4.04. The third kappa shape index (κ3) is 2.24. The van der Waals surface area contributed by atoms with Crippen LogP contribution in [0.15, 0.2) is 43.0 Å². The Hall–Kier alpha value is -1.08. The molecule has 1 fully saturated rings. The van der Waals surface area contributed by atoms with Gasteiger partial charge < -0.3 is 4.74 Å². The van der Waals surface area contributed by atoms with Gasteiger partial charge in [-0.3, -0.25) is 0 Å². The third-order valence-corrected chi connectivity index (χ3v) is 2.83. The topological polar surface area (TPSA) is 9.23 Å². The minimum Gasteiger partial charge on any atom is -0.376 e. The molecule has 0 N–H and O–H groups in total. The van der Waals surface area contributed by atoms with Crippen LogP contribution in [-0.4, -0.2) is 6.61 Å². The molecule has 0 spiro atoms. The van der Waals surface area contributed by atoms with E-state index < -0.39 is 0 Å². The molecule has 1 aliphatic carbocycles. The lowest BCUT2D eigenvalue weighted by atomic mass is 10.1. The molecule has 14 heavy (non-hydrogen) atoms. The zero-order valence-electron chi connectivity index (χ0n) is 8.41. The second-order valence-corrected chi connectivity index (χ2v) is 4.04. The number of rotatable bonds is 5. The molecule has 0 heterocycles. The molecular formula is C13H16O. The first-order valence-corrected chi connectivity index (χ1v) is 5.10. The highest BCUT2D eigenvalue weighted by atomic mass is 16.5. The standard InChI is InChI=1S/C13H16O/c1-2-13(8-9-13)11-14-10-12-6-4-3-5-7-12/h2-7H,1,8-11H2. The Morgan fingerprint density at radius 3 is 2.57 bits per heavy atom. The second kappa shape index (κ2) is 3.97. The lowest BCUT2D eigenvalue weighted by Crippen LogP contribution is -2.07. The summed E-state index contributed by atoms with van der Waals surface area (Å²) in [6.45, 7) is 5.38. The first kappa shape index (κ1) is 9.47. The molecule has 0 saturated heterocycles. The number of ether oxygens (including phenoxy) is 1. The fourth-order valence-electron chi connectivity index (χ4n) is 1.51. The van der Waals surface area contributed by atoms with E-state index in [-0.39, 0.29) is 0 Å². The Morgan fingerprint density at radius 1 is 1.29 bits per heavy atom. The van der Waals surface area contributed by atoms with Crippen molar-refractivity contribution in [2.75, 3.05) is 6.61 Å². The first-order valence-electron chi connectivity index (χ1n) is 5.10. The summed E-state index contributed by atoms with van der Waals surface area (Å²) in [5.74, 6) is 0. The van der Waals surface area contributed by atoms with Crippen LogP contribution in [0.4, 0.5) is 0 Å². The van der Waals surface area contributed by atoms with E-state index in [9.17, 15) is 0 Å². The van der Waals surface area contributed by atoms with Gasteiger partial charge in [-0.1, -0.05) is 36.4 Å². The molecule has 74 valence electrons. The summed E-state index contributed by atoms with van der Waals surface area (Å²) in [5, 5.41) is 0. The van der Waals surface area contributed by atoms with Crippen molar-refractivity contribution in [2.45, 2.75) is 19.4 Å². The van der Waals surface area contributed by atoms with Crippen molar-refractivity contribution >= 4 is 0 Å². The highest BCUT2D eigenvalue weighted by molar-refractivity contribution is 5.13. The minimum atomic E-state index is 0.314. The van der Waals surface area contributed by atoms with E-state index in [1.165, 1.54) is 18.4 Å². The van der Waals surface area contributed by atoms with Crippen molar-refractivity contribution in [3.8, 4) is 0 Å². The van der Waals surface area contributed by atoms with Crippen LogP contribution >= 0.6 is 0 Å². The SMILES string of the molecule is C=CC1(COCc2ccccc2)CC1. The van der Waals surface area contributed by atoms with Gasteiger partial charge in [-0.15, -0.1) is 6.58 Å².